The van der Waals surface area contributed by atoms with Crippen LogP contribution in [0, 0.1) is 0 Å². The second-order valence-corrected chi connectivity index (χ2v) is 5.23. The number of hydrogen-bond donors (Lipinski definition) is 3. The highest BCUT2D eigenvalue weighted by Gasteiger charge is 2.17. The molecule has 2 amide bonds. The largest absolute Gasteiger partial charge is 0.467 e. The smallest absolute Gasteiger partial charge is 0.291 e. The molecule has 7 heteroatoms. The fraction of sp³-hybridized carbons (Fsp3) is 0.111. The van der Waals surface area contributed by atoms with E-state index in [1.807, 2.05) is 0 Å². The second kappa shape index (κ2) is 7.50. The molecular formula is C18H16N2O5. The summed E-state index contributed by atoms with van der Waals surface area (Å²) in [5, 5.41) is 14.7. The molecule has 0 aliphatic heterocycles. The molecule has 0 saturated carbocycles. The molecule has 3 N–H and O–H groups in total. The molecule has 2 aromatic heterocycles. The molecule has 3 aromatic rings. The summed E-state index contributed by atoms with van der Waals surface area (Å²) in [6.45, 7) is -0.281. The lowest BCUT2D eigenvalue weighted by Crippen LogP contribution is -2.30. The minimum absolute atomic E-state index is 0.200. The van der Waals surface area contributed by atoms with Crippen LogP contribution in [-0.2, 0) is 0 Å². The number of carbonyl (C=O) groups excluding carboxylic acids is 2. The van der Waals surface area contributed by atoms with Gasteiger partial charge in [-0.25, -0.2) is 0 Å². The van der Waals surface area contributed by atoms with Gasteiger partial charge in [0.15, 0.2) is 5.76 Å². The van der Waals surface area contributed by atoms with Crippen LogP contribution in [0.15, 0.2) is 69.9 Å². The van der Waals surface area contributed by atoms with Crippen LogP contribution in [0.1, 0.15) is 32.7 Å². The molecule has 128 valence electrons. The zero-order chi connectivity index (χ0) is 17.6. The molecule has 1 aromatic carbocycles. The molecule has 0 bridgehead atoms. The standard InChI is InChI=1S/C18H16N2O5/c21-11-14(15-3-1-9-24-15)20-17(22)12-5-7-13(8-6-12)19-18(23)16-4-2-10-25-16/h1-10,14,21H,11H2,(H,19,23)(H,20,22). The molecule has 0 radical (unpaired) electrons. The number of aliphatic hydroxyl groups excluding tert-OH is 1. The van der Waals surface area contributed by atoms with Crippen LogP contribution >= 0.6 is 0 Å². The lowest BCUT2D eigenvalue weighted by Gasteiger charge is -2.14. The zero-order valence-electron chi connectivity index (χ0n) is 13.1. The van der Waals surface area contributed by atoms with Gasteiger partial charge in [-0.2, -0.15) is 0 Å². The number of benzene rings is 1. The van der Waals surface area contributed by atoms with Crippen LogP contribution in [0.2, 0.25) is 0 Å². The van der Waals surface area contributed by atoms with Crippen LogP contribution in [0.4, 0.5) is 5.69 Å². The number of hydrogen-bond acceptors (Lipinski definition) is 5. The minimum atomic E-state index is -0.624. The highest BCUT2D eigenvalue weighted by molar-refractivity contribution is 6.02. The quantitative estimate of drug-likeness (QED) is 0.640. The van der Waals surface area contributed by atoms with Crippen molar-refractivity contribution in [2.45, 2.75) is 6.04 Å². The minimum Gasteiger partial charge on any atom is -0.467 e. The van der Waals surface area contributed by atoms with E-state index in [4.69, 9.17) is 8.83 Å². The van der Waals surface area contributed by atoms with E-state index >= 15 is 0 Å². The van der Waals surface area contributed by atoms with Gasteiger partial charge in [-0.05, 0) is 48.5 Å². The van der Waals surface area contributed by atoms with Gasteiger partial charge in [0.25, 0.3) is 11.8 Å². The van der Waals surface area contributed by atoms with Gasteiger partial charge in [0, 0.05) is 11.3 Å². The van der Waals surface area contributed by atoms with Crippen molar-refractivity contribution in [1.82, 2.24) is 5.32 Å². The Morgan fingerprint density at radius 1 is 0.960 bits per heavy atom. The molecule has 1 atom stereocenters. The van der Waals surface area contributed by atoms with Gasteiger partial charge in [0.05, 0.1) is 19.1 Å². The van der Waals surface area contributed by atoms with Gasteiger partial charge < -0.3 is 24.6 Å². The molecular weight excluding hydrogens is 324 g/mol. The first-order valence-corrected chi connectivity index (χ1v) is 7.57. The van der Waals surface area contributed by atoms with E-state index in [1.165, 1.54) is 12.5 Å². The van der Waals surface area contributed by atoms with Crippen LogP contribution in [0.25, 0.3) is 0 Å². The van der Waals surface area contributed by atoms with Crippen molar-refractivity contribution in [3.63, 3.8) is 0 Å². The van der Waals surface area contributed by atoms with Crippen molar-refractivity contribution >= 4 is 17.5 Å². The Kier molecular flexibility index (Phi) is 4.96. The van der Waals surface area contributed by atoms with Crippen molar-refractivity contribution in [3.05, 3.63) is 78.1 Å². The normalized spacial score (nSPS) is 11.7. The first kappa shape index (κ1) is 16.5. The van der Waals surface area contributed by atoms with Crippen LogP contribution in [0.5, 0.6) is 0 Å². The molecule has 2 heterocycles. The average Bonchev–Trinajstić information content (AvgIpc) is 3.33. The third kappa shape index (κ3) is 3.96. The summed E-state index contributed by atoms with van der Waals surface area (Å²) >= 11 is 0. The van der Waals surface area contributed by atoms with E-state index in [0.717, 1.165) is 0 Å². The van der Waals surface area contributed by atoms with Gasteiger partial charge in [0.2, 0.25) is 0 Å². The van der Waals surface area contributed by atoms with Gasteiger partial charge in [-0.15, -0.1) is 0 Å². The van der Waals surface area contributed by atoms with Gasteiger partial charge in [-0.3, -0.25) is 9.59 Å². The lowest BCUT2D eigenvalue weighted by molar-refractivity contribution is 0.0907. The number of nitrogens with one attached hydrogen (secondary N) is 2. The van der Waals surface area contributed by atoms with Gasteiger partial charge in [-0.1, -0.05) is 0 Å². The summed E-state index contributed by atoms with van der Waals surface area (Å²) < 4.78 is 10.2. The maximum absolute atomic E-state index is 12.3. The first-order valence-electron chi connectivity index (χ1n) is 7.57. The molecule has 0 fully saturated rings. The average molecular weight is 340 g/mol. The molecule has 7 nitrogen and oxygen atoms in total. The van der Waals surface area contributed by atoms with E-state index in [1.54, 1.807) is 48.5 Å². The predicted molar refractivity (Wildman–Crippen MR) is 89.1 cm³/mol. The van der Waals surface area contributed by atoms with E-state index in [2.05, 4.69) is 10.6 Å². The number of anilines is 1. The Balaban J connectivity index is 1.63. The highest BCUT2D eigenvalue weighted by Crippen LogP contribution is 2.15. The number of furan rings is 2. The fourth-order valence-corrected chi connectivity index (χ4v) is 2.24. The highest BCUT2D eigenvalue weighted by atomic mass is 16.3. The Hall–Kier alpha value is -3.32. The van der Waals surface area contributed by atoms with E-state index in [0.29, 0.717) is 17.0 Å². The SMILES string of the molecule is O=C(NC(CO)c1ccco1)c1ccc(NC(=O)c2ccco2)cc1. The summed E-state index contributed by atoms with van der Waals surface area (Å²) in [6, 6.07) is 12.3. The number of rotatable bonds is 6. The monoisotopic (exact) mass is 340 g/mol. The van der Waals surface area contributed by atoms with E-state index in [-0.39, 0.29) is 24.2 Å². The van der Waals surface area contributed by atoms with Crippen molar-refractivity contribution in [2.75, 3.05) is 11.9 Å². The maximum atomic E-state index is 12.3. The summed E-state index contributed by atoms with van der Waals surface area (Å²) in [4.78, 5) is 24.2. The molecule has 0 aliphatic rings. The lowest BCUT2D eigenvalue weighted by atomic mass is 10.1. The Labute approximate surface area is 143 Å². The molecule has 1 unspecified atom stereocenters. The Morgan fingerprint density at radius 3 is 2.28 bits per heavy atom. The number of aliphatic hydroxyl groups is 1. The van der Waals surface area contributed by atoms with E-state index in [9.17, 15) is 14.7 Å². The summed E-state index contributed by atoms with van der Waals surface area (Å²) in [5.41, 5.74) is 0.920. The predicted octanol–water partition coefficient (Wildman–Crippen LogP) is 2.59. The van der Waals surface area contributed by atoms with Gasteiger partial charge in [0.1, 0.15) is 11.8 Å². The topological polar surface area (TPSA) is 105 Å². The summed E-state index contributed by atoms with van der Waals surface area (Å²) in [5.74, 6) is -0.0658. The second-order valence-electron chi connectivity index (χ2n) is 5.23. The molecule has 0 spiro atoms. The Bertz CT molecular complexity index is 823. The van der Waals surface area contributed by atoms with Crippen molar-refractivity contribution in [1.29, 1.82) is 0 Å². The van der Waals surface area contributed by atoms with Crippen LogP contribution in [-0.4, -0.2) is 23.5 Å². The van der Waals surface area contributed by atoms with Crippen LogP contribution < -0.4 is 10.6 Å². The summed E-state index contributed by atoms with van der Waals surface area (Å²) in [7, 11) is 0. The molecule has 0 aliphatic carbocycles. The molecule has 0 saturated heterocycles. The molecule has 25 heavy (non-hydrogen) atoms. The first-order chi connectivity index (χ1) is 12.2. The van der Waals surface area contributed by atoms with E-state index < -0.39 is 6.04 Å². The number of carbonyl (C=O) groups is 2. The summed E-state index contributed by atoms with van der Waals surface area (Å²) in [6.07, 6.45) is 2.89. The zero-order valence-corrected chi connectivity index (χ0v) is 13.1. The fourth-order valence-electron chi connectivity index (χ4n) is 2.24. The van der Waals surface area contributed by atoms with Crippen molar-refractivity contribution in [3.8, 4) is 0 Å². The Morgan fingerprint density at radius 2 is 1.68 bits per heavy atom. The third-order valence-electron chi connectivity index (χ3n) is 3.52. The number of amides is 2. The third-order valence-corrected chi connectivity index (χ3v) is 3.52. The maximum Gasteiger partial charge on any atom is 0.291 e. The van der Waals surface area contributed by atoms with Crippen LogP contribution in [0.3, 0.4) is 0 Å². The van der Waals surface area contributed by atoms with Crippen molar-refractivity contribution in [2.24, 2.45) is 0 Å². The van der Waals surface area contributed by atoms with Gasteiger partial charge >= 0.3 is 0 Å². The molecule has 3 rings (SSSR count). The van der Waals surface area contributed by atoms with Crippen molar-refractivity contribution < 1.29 is 23.5 Å².